The Labute approximate surface area is 141 Å². The molecule has 0 spiro atoms. The Morgan fingerprint density at radius 3 is 2.50 bits per heavy atom. The lowest BCUT2D eigenvalue weighted by Gasteiger charge is -2.48. The minimum atomic E-state index is -0.915. The van der Waals surface area contributed by atoms with Crippen molar-refractivity contribution in [2.24, 2.45) is 11.7 Å². The van der Waals surface area contributed by atoms with Gasteiger partial charge < -0.3 is 15.6 Å². The number of nitrogens with two attached hydrogens (primary N) is 1. The van der Waals surface area contributed by atoms with Crippen LogP contribution in [0.5, 0.6) is 0 Å². The molecule has 2 heterocycles. The van der Waals surface area contributed by atoms with Crippen molar-refractivity contribution in [1.29, 1.82) is 5.41 Å². The standard InChI is InChI=1S/C17H24N4O3/c18-15(19)17(16-20-8-11-24-16,13-4-2-1-3-5-13)21-9-6-12(7-10-21)14(22)23/h1-5,12,16,20H,6-11H2,(H3,18,19)(H,22,23). The lowest BCUT2D eigenvalue weighted by molar-refractivity contribution is -0.144. The van der Waals surface area contributed by atoms with E-state index in [-0.39, 0.29) is 11.8 Å². The molecule has 2 unspecified atom stereocenters. The van der Waals surface area contributed by atoms with Crippen LogP contribution in [0.25, 0.3) is 0 Å². The number of piperidine rings is 1. The molecule has 0 aliphatic carbocycles. The molecule has 3 rings (SSSR count). The number of nitrogens with one attached hydrogen (secondary N) is 2. The van der Waals surface area contributed by atoms with Gasteiger partial charge in [0.1, 0.15) is 17.6 Å². The monoisotopic (exact) mass is 332 g/mol. The third kappa shape index (κ3) is 2.79. The van der Waals surface area contributed by atoms with Crippen LogP contribution in [0.1, 0.15) is 18.4 Å². The molecular formula is C17H24N4O3. The summed E-state index contributed by atoms with van der Waals surface area (Å²) in [5.41, 5.74) is 6.09. The Hall–Kier alpha value is -1.96. The number of likely N-dealkylation sites (tertiary alicyclic amines) is 1. The molecule has 0 aromatic heterocycles. The Kier molecular flexibility index (Phi) is 4.84. The van der Waals surface area contributed by atoms with E-state index in [1.165, 1.54) is 0 Å². The number of carbonyl (C=O) groups is 1. The van der Waals surface area contributed by atoms with Crippen molar-refractivity contribution in [2.45, 2.75) is 24.6 Å². The van der Waals surface area contributed by atoms with Crippen LogP contribution in [0, 0.1) is 11.3 Å². The first-order valence-electron chi connectivity index (χ1n) is 8.29. The van der Waals surface area contributed by atoms with Gasteiger partial charge in [-0.2, -0.15) is 0 Å². The van der Waals surface area contributed by atoms with E-state index < -0.39 is 17.7 Å². The molecule has 0 amide bonds. The number of carboxylic acids is 1. The molecule has 0 saturated carbocycles. The maximum Gasteiger partial charge on any atom is 0.306 e. The fourth-order valence-electron chi connectivity index (χ4n) is 3.83. The zero-order valence-corrected chi connectivity index (χ0v) is 13.6. The van der Waals surface area contributed by atoms with Crippen LogP contribution < -0.4 is 11.1 Å². The minimum Gasteiger partial charge on any atom is -0.481 e. The third-order valence-corrected chi connectivity index (χ3v) is 5.06. The number of amidine groups is 1. The first kappa shape index (κ1) is 16.9. The zero-order valence-electron chi connectivity index (χ0n) is 13.6. The Bertz CT molecular complexity index is 595. The van der Waals surface area contributed by atoms with Crippen molar-refractivity contribution in [3.8, 4) is 0 Å². The molecule has 130 valence electrons. The Morgan fingerprint density at radius 2 is 2.00 bits per heavy atom. The van der Waals surface area contributed by atoms with Gasteiger partial charge in [-0.05, 0) is 18.4 Å². The number of hydrogen-bond acceptors (Lipinski definition) is 5. The highest BCUT2D eigenvalue weighted by Gasteiger charge is 2.51. The highest BCUT2D eigenvalue weighted by Crippen LogP contribution is 2.37. The molecule has 7 nitrogen and oxygen atoms in total. The second-order valence-electron chi connectivity index (χ2n) is 6.35. The molecule has 5 N–H and O–H groups in total. The van der Waals surface area contributed by atoms with E-state index in [0.717, 1.165) is 5.56 Å². The van der Waals surface area contributed by atoms with Gasteiger partial charge >= 0.3 is 5.97 Å². The number of benzene rings is 1. The van der Waals surface area contributed by atoms with Gasteiger partial charge in [0.2, 0.25) is 0 Å². The van der Waals surface area contributed by atoms with Crippen molar-refractivity contribution in [3.63, 3.8) is 0 Å². The lowest BCUT2D eigenvalue weighted by atomic mass is 9.82. The lowest BCUT2D eigenvalue weighted by Crippen LogP contribution is -2.65. The Balaban J connectivity index is 1.98. The zero-order chi connectivity index (χ0) is 17.2. The molecule has 2 aliphatic rings. The summed E-state index contributed by atoms with van der Waals surface area (Å²) in [5, 5.41) is 20.9. The molecule has 24 heavy (non-hydrogen) atoms. The molecular weight excluding hydrogens is 308 g/mol. The van der Waals surface area contributed by atoms with E-state index in [9.17, 15) is 9.90 Å². The molecule has 0 radical (unpaired) electrons. The summed E-state index contributed by atoms with van der Waals surface area (Å²) in [6, 6.07) is 9.67. The molecule has 7 heteroatoms. The number of aliphatic carboxylic acids is 1. The van der Waals surface area contributed by atoms with Gasteiger partial charge in [-0.3, -0.25) is 20.4 Å². The van der Waals surface area contributed by atoms with Gasteiger partial charge in [-0.1, -0.05) is 30.3 Å². The van der Waals surface area contributed by atoms with Crippen LogP contribution in [0.3, 0.4) is 0 Å². The SMILES string of the molecule is N=C(N)C(c1ccccc1)(C1NCCO1)N1CCC(C(=O)O)CC1. The fraction of sp³-hybridized carbons (Fsp3) is 0.529. The van der Waals surface area contributed by atoms with Gasteiger partial charge in [-0.15, -0.1) is 0 Å². The average molecular weight is 332 g/mol. The molecule has 2 atom stereocenters. The van der Waals surface area contributed by atoms with Gasteiger partial charge in [0.05, 0.1) is 12.5 Å². The van der Waals surface area contributed by atoms with E-state index in [4.69, 9.17) is 15.9 Å². The molecule has 1 aromatic carbocycles. The van der Waals surface area contributed by atoms with Crippen LogP contribution in [-0.4, -0.2) is 54.3 Å². The predicted octanol–water partition coefficient (Wildman–Crippen LogP) is 0.560. The molecule has 1 aromatic rings. The summed E-state index contributed by atoms with van der Waals surface area (Å²) < 4.78 is 5.87. The maximum absolute atomic E-state index is 11.2. The third-order valence-electron chi connectivity index (χ3n) is 5.06. The highest BCUT2D eigenvalue weighted by molar-refractivity contribution is 5.89. The molecule has 2 fully saturated rings. The largest absolute Gasteiger partial charge is 0.481 e. The van der Waals surface area contributed by atoms with Crippen molar-refractivity contribution in [1.82, 2.24) is 10.2 Å². The number of nitrogens with zero attached hydrogens (tertiary/aromatic N) is 1. The van der Waals surface area contributed by atoms with Crippen LogP contribution in [0.4, 0.5) is 0 Å². The summed E-state index contributed by atoms with van der Waals surface area (Å²) >= 11 is 0. The van der Waals surface area contributed by atoms with Crippen LogP contribution in [-0.2, 0) is 15.1 Å². The van der Waals surface area contributed by atoms with Crippen molar-refractivity contribution in [2.75, 3.05) is 26.2 Å². The summed E-state index contributed by atoms with van der Waals surface area (Å²) in [6.07, 6.45) is 0.673. The van der Waals surface area contributed by atoms with E-state index in [0.29, 0.717) is 39.1 Å². The van der Waals surface area contributed by atoms with E-state index in [1.807, 2.05) is 30.3 Å². The van der Waals surface area contributed by atoms with Crippen LogP contribution in [0.15, 0.2) is 30.3 Å². The minimum absolute atomic E-state index is 0.0156. The van der Waals surface area contributed by atoms with Gasteiger partial charge in [0.15, 0.2) is 0 Å². The Morgan fingerprint density at radius 1 is 1.33 bits per heavy atom. The second-order valence-corrected chi connectivity index (χ2v) is 6.35. The number of carboxylic acid groups (broad SMARTS) is 1. The molecule has 2 aliphatic heterocycles. The summed E-state index contributed by atoms with van der Waals surface area (Å²) in [5.74, 6) is -1.07. The number of ether oxygens (including phenoxy) is 1. The summed E-state index contributed by atoms with van der Waals surface area (Å²) in [4.78, 5) is 13.4. The van der Waals surface area contributed by atoms with Crippen LogP contribution >= 0.6 is 0 Å². The van der Waals surface area contributed by atoms with Crippen molar-refractivity contribution < 1.29 is 14.6 Å². The number of hydrogen-bond donors (Lipinski definition) is 4. The van der Waals surface area contributed by atoms with Crippen molar-refractivity contribution >= 4 is 11.8 Å². The summed E-state index contributed by atoms with van der Waals surface area (Å²) in [6.45, 7) is 2.40. The summed E-state index contributed by atoms with van der Waals surface area (Å²) in [7, 11) is 0. The van der Waals surface area contributed by atoms with Crippen molar-refractivity contribution in [3.05, 3.63) is 35.9 Å². The topological polar surface area (TPSA) is 112 Å². The first-order valence-corrected chi connectivity index (χ1v) is 8.29. The van der Waals surface area contributed by atoms with Crippen LogP contribution in [0.2, 0.25) is 0 Å². The van der Waals surface area contributed by atoms with Gasteiger partial charge in [0.25, 0.3) is 0 Å². The van der Waals surface area contributed by atoms with E-state index in [1.54, 1.807) is 0 Å². The quantitative estimate of drug-likeness (QED) is 0.463. The van der Waals surface area contributed by atoms with Gasteiger partial charge in [0, 0.05) is 19.6 Å². The van der Waals surface area contributed by atoms with E-state index >= 15 is 0 Å². The number of rotatable bonds is 5. The molecule has 0 bridgehead atoms. The van der Waals surface area contributed by atoms with E-state index in [2.05, 4.69) is 10.2 Å². The highest BCUT2D eigenvalue weighted by atomic mass is 16.5. The smallest absolute Gasteiger partial charge is 0.306 e. The maximum atomic E-state index is 11.2. The fourth-order valence-corrected chi connectivity index (χ4v) is 3.83. The normalized spacial score (nSPS) is 25.2. The molecule has 2 saturated heterocycles. The second kappa shape index (κ2) is 6.88. The first-order chi connectivity index (χ1) is 11.6. The average Bonchev–Trinajstić information content (AvgIpc) is 3.11. The predicted molar refractivity (Wildman–Crippen MR) is 89.7 cm³/mol. The van der Waals surface area contributed by atoms with Gasteiger partial charge in [-0.25, -0.2) is 0 Å².